The van der Waals surface area contributed by atoms with Gasteiger partial charge in [0.1, 0.15) is 12.6 Å². The molecule has 1 atom stereocenters. The van der Waals surface area contributed by atoms with Crippen molar-refractivity contribution in [2.75, 3.05) is 39.9 Å². The fourth-order valence-electron chi connectivity index (χ4n) is 7.30. The molecule has 4 aliphatic carbocycles. The molecule has 144 valence electrons. The molecule has 4 saturated carbocycles. The highest BCUT2D eigenvalue weighted by Gasteiger charge is 2.50. The van der Waals surface area contributed by atoms with E-state index in [1.165, 1.54) is 83.7 Å². The van der Waals surface area contributed by atoms with Crippen LogP contribution in [0.4, 0.5) is 0 Å². The van der Waals surface area contributed by atoms with Crippen molar-refractivity contribution in [1.82, 2.24) is 0 Å². The molecular formula is C22H40NO2+. The topological polar surface area (TPSA) is 29.5 Å². The Morgan fingerprint density at radius 2 is 1.52 bits per heavy atom. The fourth-order valence-corrected chi connectivity index (χ4v) is 7.30. The summed E-state index contributed by atoms with van der Waals surface area (Å²) in [6.07, 6.45) is 15.3. The van der Waals surface area contributed by atoms with Crippen LogP contribution in [0.2, 0.25) is 0 Å². The highest BCUT2D eigenvalue weighted by Crippen LogP contribution is 2.61. The van der Waals surface area contributed by atoms with Crippen LogP contribution in [0.3, 0.4) is 0 Å². The van der Waals surface area contributed by atoms with Crippen LogP contribution in [0.25, 0.3) is 0 Å². The van der Waals surface area contributed by atoms with Crippen molar-refractivity contribution >= 4 is 0 Å². The Kier molecular flexibility index (Phi) is 5.46. The van der Waals surface area contributed by atoms with Gasteiger partial charge in [0, 0.05) is 6.61 Å². The molecule has 4 bridgehead atoms. The first kappa shape index (κ1) is 18.3. The minimum Gasteiger partial charge on any atom is -0.385 e. The molecule has 0 radical (unpaired) electrons. The third-order valence-electron chi connectivity index (χ3n) is 8.05. The van der Waals surface area contributed by atoms with Crippen molar-refractivity contribution in [2.45, 2.75) is 76.7 Å². The molecule has 25 heavy (non-hydrogen) atoms. The van der Waals surface area contributed by atoms with Crippen LogP contribution in [-0.4, -0.2) is 55.6 Å². The van der Waals surface area contributed by atoms with Gasteiger partial charge in [-0.05, 0) is 93.8 Å². The van der Waals surface area contributed by atoms with Crippen LogP contribution in [0.5, 0.6) is 0 Å². The van der Waals surface area contributed by atoms with Crippen LogP contribution in [0.15, 0.2) is 0 Å². The molecule has 3 nitrogen and oxygen atoms in total. The van der Waals surface area contributed by atoms with E-state index in [4.69, 9.17) is 4.74 Å². The Bertz CT molecular complexity index is 406. The summed E-state index contributed by atoms with van der Waals surface area (Å²) in [5.41, 5.74) is 0.614. The average molecular weight is 351 g/mol. The van der Waals surface area contributed by atoms with E-state index in [9.17, 15) is 5.11 Å². The zero-order valence-corrected chi connectivity index (χ0v) is 16.4. The number of aliphatic hydroxyl groups is 1. The normalized spacial score (nSPS) is 40.8. The van der Waals surface area contributed by atoms with Gasteiger partial charge in [0.2, 0.25) is 0 Å². The second-order valence-electron chi connectivity index (χ2n) is 10.6. The Hall–Kier alpha value is -0.120. The minimum atomic E-state index is -0.292. The summed E-state index contributed by atoms with van der Waals surface area (Å²) in [5.74, 6) is 3.10. The van der Waals surface area contributed by atoms with E-state index in [1.807, 2.05) is 0 Å². The molecule has 1 saturated heterocycles. The van der Waals surface area contributed by atoms with Crippen LogP contribution < -0.4 is 0 Å². The fraction of sp³-hybridized carbons (Fsp3) is 1.00. The van der Waals surface area contributed by atoms with Gasteiger partial charge in [0.15, 0.2) is 0 Å². The molecule has 0 aromatic carbocycles. The smallest absolute Gasteiger partial charge is 0.126 e. The minimum absolute atomic E-state index is 0.292. The Morgan fingerprint density at radius 1 is 0.960 bits per heavy atom. The van der Waals surface area contributed by atoms with E-state index >= 15 is 0 Å². The third kappa shape index (κ3) is 4.42. The molecule has 0 aromatic rings. The summed E-state index contributed by atoms with van der Waals surface area (Å²) in [5, 5.41) is 10.5. The molecular weight excluding hydrogens is 310 g/mol. The van der Waals surface area contributed by atoms with Gasteiger partial charge in [0.05, 0.1) is 26.7 Å². The van der Waals surface area contributed by atoms with E-state index in [0.29, 0.717) is 12.0 Å². The molecule has 3 heteroatoms. The number of likely N-dealkylation sites (N-methyl/N-ethyl adjacent to an activating group) is 1. The number of hydrogen-bond donors (Lipinski definition) is 1. The largest absolute Gasteiger partial charge is 0.385 e. The summed E-state index contributed by atoms with van der Waals surface area (Å²) < 4.78 is 7.03. The molecule has 0 aromatic heterocycles. The van der Waals surface area contributed by atoms with Crippen molar-refractivity contribution in [3.05, 3.63) is 0 Å². The van der Waals surface area contributed by atoms with Crippen molar-refractivity contribution in [3.8, 4) is 0 Å². The maximum Gasteiger partial charge on any atom is 0.126 e. The lowest BCUT2D eigenvalue weighted by atomic mass is 9.49. The number of aliphatic hydroxyl groups excluding tert-OH is 1. The van der Waals surface area contributed by atoms with Crippen LogP contribution in [-0.2, 0) is 4.74 Å². The number of hydrogen-bond acceptors (Lipinski definition) is 2. The second-order valence-corrected chi connectivity index (χ2v) is 10.6. The number of quaternary nitrogens is 1. The maximum atomic E-state index is 10.5. The van der Waals surface area contributed by atoms with E-state index in [2.05, 4.69) is 7.05 Å². The Labute approximate surface area is 154 Å². The van der Waals surface area contributed by atoms with Gasteiger partial charge in [-0.25, -0.2) is 0 Å². The molecule has 0 unspecified atom stereocenters. The van der Waals surface area contributed by atoms with Crippen LogP contribution >= 0.6 is 0 Å². The van der Waals surface area contributed by atoms with E-state index in [0.717, 1.165) is 35.4 Å². The SMILES string of the molecule is C[N+]1(C[C@H](O)COCCC23CC4CC(CC(C4)C2)C3)CCCCCC1. The standard InChI is InChI=1S/C22H40NO2/c1-23(7-4-2-3-5-8-23)16-21(24)17-25-9-6-22-13-18-10-19(14-22)12-20(11-18)15-22/h18-21,24H,2-17H2,1H3/q+1/t18?,19?,20?,21-,22?/m0/s1. The van der Waals surface area contributed by atoms with Crippen molar-refractivity contribution in [3.63, 3.8) is 0 Å². The molecule has 5 aliphatic rings. The number of nitrogens with zero attached hydrogens (tertiary/aromatic N) is 1. The molecule has 5 fully saturated rings. The summed E-state index contributed by atoms with van der Waals surface area (Å²) >= 11 is 0. The average Bonchev–Trinajstić information content (AvgIpc) is 2.75. The summed E-state index contributed by atoms with van der Waals surface area (Å²) in [7, 11) is 2.32. The van der Waals surface area contributed by atoms with E-state index < -0.39 is 0 Å². The van der Waals surface area contributed by atoms with Crippen molar-refractivity contribution < 1.29 is 14.3 Å². The second kappa shape index (κ2) is 7.48. The zero-order valence-electron chi connectivity index (χ0n) is 16.4. The van der Waals surface area contributed by atoms with Gasteiger partial charge in [0.25, 0.3) is 0 Å². The van der Waals surface area contributed by atoms with Crippen molar-refractivity contribution in [2.24, 2.45) is 23.2 Å². The molecule has 1 N–H and O–H groups in total. The maximum absolute atomic E-state index is 10.5. The summed E-state index contributed by atoms with van der Waals surface area (Å²) in [4.78, 5) is 0. The van der Waals surface area contributed by atoms with E-state index in [1.54, 1.807) is 0 Å². The van der Waals surface area contributed by atoms with Gasteiger partial charge in [-0.3, -0.25) is 0 Å². The molecule has 0 amide bonds. The zero-order chi connectivity index (χ0) is 17.3. The van der Waals surface area contributed by atoms with E-state index in [-0.39, 0.29) is 6.10 Å². The number of ether oxygens (including phenoxy) is 1. The Morgan fingerprint density at radius 3 is 2.08 bits per heavy atom. The number of likely N-dealkylation sites (tertiary alicyclic amines) is 1. The lowest BCUT2D eigenvalue weighted by Crippen LogP contribution is -2.50. The monoisotopic (exact) mass is 350 g/mol. The quantitative estimate of drug-likeness (QED) is 0.556. The molecule has 5 rings (SSSR count). The van der Waals surface area contributed by atoms with Gasteiger partial charge in [-0.2, -0.15) is 0 Å². The summed E-state index contributed by atoms with van der Waals surface area (Å²) in [6.45, 7) is 4.74. The highest BCUT2D eigenvalue weighted by atomic mass is 16.5. The van der Waals surface area contributed by atoms with Crippen LogP contribution in [0.1, 0.15) is 70.6 Å². The van der Waals surface area contributed by atoms with Gasteiger partial charge in [-0.15, -0.1) is 0 Å². The Balaban J connectivity index is 1.18. The lowest BCUT2D eigenvalue weighted by molar-refractivity contribution is -0.911. The predicted molar refractivity (Wildman–Crippen MR) is 101 cm³/mol. The first-order valence-corrected chi connectivity index (χ1v) is 11.1. The summed E-state index contributed by atoms with van der Waals surface area (Å²) in [6, 6.07) is 0. The molecule has 1 aliphatic heterocycles. The highest BCUT2D eigenvalue weighted by molar-refractivity contribution is 5.01. The molecule has 1 heterocycles. The van der Waals surface area contributed by atoms with Crippen molar-refractivity contribution in [1.29, 1.82) is 0 Å². The van der Waals surface area contributed by atoms with Gasteiger partial charge in [-0.1, -0.05) is 0 Å². The van der Waals surface area contributed by atoms with Gasteiger partial charge < -0.3 is 14.3 Å². The predicted octanol–water partition coefficient (Wildman–Crippen LogP) is 3.99. The number of rotatable bonds is 7. The van der Waals surface area contributed by atoms with Gasteiger partial charge >= 0.3 is 0 Å². The van der Waals surface area contributed by atoms with Crippen LogP contribution in [0, 0.1) is 23.2 Å². The first-order chi connectivity index (χ1) is 12.0. The molecule has 0 spiro atoms. The third-order valence-corrected chi connectivity index (χ3v) is 8.05. The first-order valence-electron chi connectivity index (χ1n) is 11.1. The lowest BCUT2D eigenvalue weighted by Gasteiger charge is -2.57.